The van der Waals surface area contributed by atoms with Crippen LogP contribution in [0.3, 0.4) is 0 Å². The van der Waals surface area contributed by atoms with Crippen molar-refractivity contribution in [2.45, 2.75) is 108 Å². The molecule has 4 saturated carbocycles. The Bertz CT molecular complexity index is 794. The van der Waals surface area contributed by atoms with E-state index in [1.165, 1.54) is 0 Å². The number of aliphatic hydroxyl groups is 3. The molecule has 6 rings (SSSR count). The van der Waals surface area contributed by atoms with Crippen molar-refractivity contribution >= 4 is 15.9 Å². The van der Waals surface area contributed by atoms with Gasteiger partial charge in [0, 0.05) is 17.3 Å². The molecule has 0 amide bonds. The van der Waals surface area contributed by atoms with Crippen LogP contribution in [0.4, 0.5) is 0 Å². The van der Waals surface area contributed by atoms with E-state index in [1.807, 2.05) is 0 Å². The average molecular weight is 528 g/mol. The van der Waals surface area contributed by atoms with Crippen molar-refractivity contribution in [1.82, 2.24) is 0 Å². The Morgan fingerprint density at radius 2 is 1.70 bits per heavy atom. The van der Waals surface area contributed by atoms with Crippen LogP contribution in [-0.4, -0.2) is 57.0 Å². The molecule has 0 radical (unpaired) electrons. The van der Waals surface area contributed by atoms with E-state index in [4.69, 9.17) is 9.47 Å². The van der Waals surface area contributed by atoms with Gasteiger partial charge in [-0.25, -0.2) is 0 Å². The van der Waals surface area contributed by atoms with Gasteiger partial charge >= 0.3 is 0 Å². The molecule has 3 N–H and O–H groups in total. The highest BCUT2D eigenvalue weighted by atomic mass is 79.9. The van der Waals surface area contributed by atoms with Gasteiger partial charge in [-0.1, -0.05) is 43.6 Å². The zero-order valence-corrected chi connectivity index (χ0v) is 22.2. The summed E-state index contributed by atoms with van der Waals surface area (Å²) in [5, 5.41) is 33.9. The molecule has 0 aromatic heterocycles. The third-order valence-electron chi connectivity index (χ3n) is 12.0. The van der Waals surface area contributed by atoms with E-state index in [2.05, 4.69) is 43.6 Å². The predicted octanol–water partition coefficient (Wildman–Crippen LogP) is 4.11. The molecule has 2 heterocycles. The van der Waals surface area contributed by atoms with Crippen molar-refractivity contribution in [3.63, 3.8) is 0 Å². The minimum atomic E-state index is -0.751. The Kier molecular flexibility index (Phi) is 5.48. The number of ether oxygens (including phenoxy) is 2. The van der Waals surface area contributed by atoms with E-state index in [9.17, 15) is 15.3 Å². The van der Waals surface area contributed by atoms with E-state index in [0.29, 0.717) is 30.3 Å². The Morgan fingerprint density at radius 1 is 0.939 bits per heavy atom. The van der Waals surface area contributed by atoms with Crippen LogP contribution in [0.15, 0.2) is 0 Å². The third kappa shape index (κ3) is 2.94. The lowest BCUT2D eigenvalue weighted by Crippen LogP contribution is -2.66. The van der Waals surface area contributed by atoms with Crippen molar-refractivity contribution < 1.29 is 24.8 Å². The van der Waals surface area contributed by atoms with Gasteiger partial charge in [-0.15, -0.1) is 0 Å². The molecule has 6 fully saturated rings. The van der Waals surface area contributed by atoms with E-state index in [0.717, 1.165) is 44.9 Å². The SMILES string of the molecule is CC1CO[C@@]2(O[C@H]3C[C@H]4[C@@H]5CCC6CC(O)CC[C@]6(C)[C@H]5C(O)C(O)[C@]4(C)[C@H]3[C@@H]2C)C(Br)C1. The molecule has 188 valence electrons. The van der Waals surface area contributed by atoms with Crippen LogP contribution in [0.25, 0.3) is 0 Å². The standard InChI is InChI=1S/C27H43BrO5/c1-13-9-20(28)27(32-12-13)14(2)21-19(33-27)11-18-17-6-5-15-10-16(29)7-8-25(15,3)22(17)23(30)24(31)26(18,21)4/h13-24,29-31H,5-12H2,1-4H3/t13?,14-,15?,16?,17-,18-,19-,20?,21-,22+,23?,24?,25-,26-,27-/m0/s1. The lowest BCUT2D eigenvalue weighted by atomic mass is 9.43. The molecule has 2 aliphatic heterocycles. The Hall–Kier alpha value is 0.280. The summed E-state index contributed by atoms with van der Waals surface area (Å²) >= 11 is 3.92. The number of hydrogen-bond acceptors (Lipinski definition) is 5. The van der Waals surface area contributed by atoms with Crippen molar-refractivity contribution in [2.24, 2.45) is 52.3 Å². The summed E-state index contributed by atoms with van der Waals surface area (Å²) in [5.41, 5.74) is -0.371. The summed E-state index contributed by atoms with van der Waals surface area (Å²) in [4.78, 5) is 0.151. The predicted molar refractivity (Wildman–Crippen MR) is 129 cm³/mol. The van der Waals surface area contributed by atoms with Crippen LogP contribution in [0.1, 0.15) is 72.6 Å². The van der Waals surface area contributed by atoms with E-state index in [1.54, 1.807) is 0 Å². The minimum Gasteiger partial charge on any atom is -0.393 e. The monoisotopic (exact) mass is 526 g/mol. The Morgan fingerprint density at radius 3 is 2.42 bits per heavy atom. The van der Waals surface area contributed by atoms with Crippen molar-refractivity contribution in [1.29, 1.82) is 0 Å². The molecular weight excluding hydrogens is 484 g/mol. The van der Waals surface area contributed by atoms with Crippen LogP contribution in [0.5, 0.6) is 0 Å². The summed E-state index contributed by atoms with van der Waals surface area (Å²) in [6.45, 7) is 9.79. The smallest absolute Gasteiger partial charge is 0.184 e. The van der Waals surface area contributed by atoms with Gasteiger partial charge in [0.1, 0.15) is 0 Å². The van der Waals surface area contributed by atoms with Crippen LogP contribution >= 0.6 is 15.9 Å². The van der Waals surface area contributed by atoms with Gasteiger partial charge in [-0.2, -0.15) is 0 Å². The normalized spacial score (nSPS) is 64.7. The Balaban J connectivity index is 1.34. The number of halogens is 1. The molecule has 0 bridgehead atoms. The van der Waals surface area contributed by atoms with Gasteiger partial charge in [0.2, 0.25) is 0 Å². The van der Waals surface area contributed by atoms with Gasteiger partial charge in [0.15, 0.2) is 5.79 Å². The highest BCUT2D eigenvalue weighted by Gasteiger charge is 2.74. The second-order valence-electron chi connectivity index (χ2n) is 13.4. The van der Waals surface area contributed by atoms with E-state index >= 15 is 0 Å². The number of rotatable bonds is 0. The molecule has 15 atom stereocenters. The fourth-order valence-electron chi connectivity index (χ4n) is 10.4. The second-order valence-corrected chi connectivity index (χ2v) is 14.5. The summed E-state index contributed by atoms with van der Waals surface area (Å²) < 4.78 is 13.3. The number of aliphatic hydroxyl groups excluding tert-OH is 3. The quantitative estimate of drug-likeness (QED) is 0.414. The second kappa shape index (κ2) is 7.64. The Labute approximate surface area is 207 Å². The first-order valence-corrected chi connectivity index (χ1v) is 14.5. The molecule has 2 saturated heterocycles. The number of fused-ring (bicyclic) bond motifs is 7. The molecular formula is C27H43BrO5. The highest BCUT2D eigenvalue weighted by Crippen LogP contribution is 2.71. The minimum absolute atomic E-state index is 0.00115. The largest absolute Gasteiger partial charge is 0.393 e. The first-order valence-electron chi connectivity index (χ1n) is 13.5. The average Bonchev–Trinajstić information content (AvgIpc) is 3.22. The fraction of sp³-hybridized carbons (Fsp3) is 1.00. The first kappa shape index (κ1) is 23.7. The molecule has 5 nitrogen and oxygen atoms in total. The first-order chi connectivity index (χ1) is 15.5. The van der Waals surface area contributed by atoms with Gasteiger partial charge in [-0.05, 0) is 80.0 Å². The van der Waals surface area contributed by atoms with E-state index in [-0.39, 0.29) is 45.6 Å². The lowest BCUT2D eigenvalue weighted by Gasteiger charge is -2.64. The summed E-state index contributed by atoms with van der Waals surface area (Å²) in [6, 6.07) is 0. The molecule has 0 aromatic carbocycles. The maximum absolute atomic E-state index is 11.9. The van der Waals surface area contributed by atoms with Gasteiger partial charge < -0.3 is 24.8 Å². The topological polar surface area (TPSA) is 79.2 Å². The maximum Gasteiger partial charge on any atom is 0.184 e. The molecule has 0 aromatic rings. The van der Waals surface area contributed by atoms with Crippen molar-refractivity contribution in [3.8, 4) is 0 Å². The van der Waals surface area contributed by atoms with Crippen molar-refractivity contribution in [3.05, 3.63) is 0 Å². The zero-order valence-electron chi connectivity index (χ0n) is 20.6. The highest BCUT2D eigenvalue weighted by molar-refractivity contribution is 9.09. The van der Waals surface area contributed by atoms with Gasteiger partial charge in [-0.3, -0.25) is 0 Å². The molecule has 6 aliphatic rings. The van der Waals surface area contributed by atoms with Crippen LogP contribution in [-0.2, 0) is 9.47 Å². The lowest BCUT2D eigenvalue weighted by molar-refractivity contribution is -0.273. The summed E-state index contributed by atoms with van der Waals surface area (Å²) in [7, 11) is 0. The van der Waals surface area contributed by atoms with E-state index < -0.39 is 18.0 Å². The molecule has 33 heavy (non-hydrogen) atoms. The zero-order chi connectivity index (χ0) is 23.5. The molecule has 6 unspecified atom stereocenters. The van der Waals surface area contributed by atoms with Gasteiger partial charge in [0.25, 0.3) is 0 Å². The van der Waals surface area contributed by atoms with Crippen molar-refractivity contribution in [2.75, 3.05) is 6.61 Å². The fourth-order valence-corrected chi connectivity index (χ4v) is 11.7. The maximum atomic E-state index is 11.9. The van der Waals surface area contributed by atoms with Gasteiger partial charge in [0.05, 0.1) is 35.8 Å². The molecule has 6 heteroatoms. The van der Waals surface area contributed by atoms with Crippen LogP contribution in [0, 0.1) is 52.3 Å². The van der Waals surface area contributed by atoms with Crippen LogP contribution in [0.2, 0.25) is 0 Å². The van der Waals surface area contributed by atoms with Crippen LogP contribution < -0.4 is 0 Å². The molecule has 1 spiro atoms. The number of hydrogen-bond donors (Lipinski definition) is 3. The number of alkyl halides is 1. The third-order valence-corrected chi connectivity index (χ3v) is 13.0. The summed E-state index contributed by atoms with van der Waals surface area (Å²) in [5.74, 6) is 1.54. The molecule has 4 aliphatic carbocycles. The summed E-state index contributed by atoms with van der Waals surface area (Å²) in [6.07, 6.45) is 5.23.